The molecule has 0 amide bonds. The highest BCUT2D eigenvalue weighted by Crippen LogP contribution is 2.26. The quantitative estimate of drug-likeness (QED) is 0.755. The molecule has 0 bridgehead atoms. The van der Waals surface area contributed by atoms with E-state index >= 15 is 0 Å². The average molecular weight is 410 g/mol. The predicted molar refractivity (Wildman–Crippen MR) is 75.6 cm³/mol. The van der Waals surface area contributed by atoms with Gasteiger partial charge in [-0.2, -0.15) is 0 Å². The van der Waals surface area contributed by atoms with Gasteiger partial charge >= 0.3 is 0 Å². The van der Waals surface area contributed by atoms with Gasteiger partial charge < -0.3 is 9.73 Å². The lowest BCUT2D eigenvalue weighted by Gasteiger charge is -2.07. The van der Waals surface area contributed by atoms with Crippen molar-refractivity contribution < 1.29 is 4.42 Å². The molecule has 0 saturated heterocycles. The van der Waals surface area contributed by atoms with Crippen molar-refractivity contribution in [3.8, 4) is 0 Å². The fraction of sp³-hybridized carbons (Fsp3) is 0.0909. The third-order valence-corrected chi connectivity index (χ3v) is 3.62. The first-order chi connectivity index (χ1) is 7.65. The van der Waals surface area contributed by atoms with Crippen LogP contribution < -0.4 is 5.32 Å². The molecule has 0 aliphatic rings. The van der Waals surface area contributed by atoms with E-state index in [2.05, 4.69) is 53.1 Å². The van der Waals surface area contributed by atoms with E-state index in [0.717, 1.165) is 25.1 Å². The topological polar surface area (TPSA) is 25.2 Å². The van der Waals surface area contributed by atoms with Crippen LogP contribution in [0.2, 0.25) is 0 Å². The summed E-state index contributed by atoms with van der Waals surface area (Å²) in [6.07, 6.45) is 0. The maximum absolute atomic E-state index is 5.40. The van der Waals surface area contributed by atoms with Gasteiger partial charge in [-0.25, -0.2) is 0 Å². The van der Waals surface area contributed by atoms with E-state index in [-0.39, 0.29) is 0 Å². The van der Waals surface area contributed by atoms with Crippen molar-refractivity contribution in [1.29, 1.82) is 0 Å². The van der Waals surface area contributed by atoms with Crippen molar-refractivity contribution >= 4 is 53.5 Å². The summed E-state index contributed by atoms with van der Waals surface area (Å²) in [5.74, 6) is 0.888. The number of rotatable bonds is 3. The highest BCUT2D eigenvalue weighted by Gasteiger charge is 2.02. The normalized spacial score (nSPS) is 10.4. The zero-order chi connectivity index (χ0) is 11.5. The zero-order valence-electron chi connectivity index (χ0n) is 8.14. The number of hydrogen-bond donors (Lipinski definition) is 1. The van der Waals surface area contributed by atoms with Gasteiger partial charge in [0.15, 0.2) is 4.67 Å². The lowest BCUT2D eigenvalue weighted by Crippen LogP contribution is -1.98. The van der Waals surface area contributed by atoms with Crippen LogP contribution in [0.5, 0.6) is 0 Å². The summed E-state index contributed by atoms with van der Waals surface area (Å²) in [6.45, 7) is 0.653. The van der Waals surface area contributed by atoms with Crippen LogP contribution in [0.1, 0.15) is 5.76 Å². The molecule has 0 spiro atoms. The van der Waals surface area contributed by atoms with E-state index in [1.54, 1.807) is 0 Å². The molecule has 0 aliphatic carbocycles. The van der Waals surface area contributed by atoms with E-state index in [4.69, 9.17) is 4.42 Å². The van der Waals surface area contributed by atoms with Gasteiger partial charge in [0.2, 0.25) is 0 Å². The van der Waals surface area contributed by atoms with E-state index in [1.807, 2.05) is 30.3 Å². The van der Waals surface area contributed by atoms with Crippen LogP contribution in [0.3, 0.4) is 0 Å². The maximum atomic E-state index is 5.40. The molecule has 0 atom stereocenters. The summed E-state index contributed by atoms with van der Waals surface area (Å²) in [4.78, 5) is 0. The Hall–Kier alpha value is -0.260. The van der Waals surface area contributed by atoms with Gasteiger partial charge in [0.1, 0.15) is 5.76 Å². The molecule has 84 valence electrons. The fourth-order valence-corrected chi connectivity index (χ4v) is 2.35. The van der Waals surface area contributed by atoms with Gasteiger partial charge in [-0.1, -0.05) is 15.9 Å². The van der Waals surface area contributed by atoms with Crippen LogP contribution in [0.15, 0.2) is 48.4 Å². The zero-order valence-corrected chi connectivity index (χ0v) is 12.9. The molecule has 2 rings (SSSR count). The number of nitrogens with one attached hydrogen (secondary N) is 1. The summed E-state index contributed by atoms with van der Waals surface area (Å²) in [6, 6.07) is 9.81. The van der Waals surface area contributed by atoms with E-state index in [1.165, 1.54) is 0 Å². The van der Waals surface area contributed by atoms with Crippen LogP contribution >= 0.6 is 47.8 Å². The molecule has 1 aromatic carbocycles. The fourth-order valence-electron chi connectivity index (χ4n) is 1.26. The lowest BCUT2D eigenvalue weighted by molar-refractivity contribution is 0.495. The summed E-state index contributed by atoms with van der Waals surface area (Å²) < 4.78 is 8.22. The molecule has 16 heavy (non-hydrogen) atoms. The minimum Gasteiger partial charge on any atom is -0.452 e. The van der Waals surface area contributed by atoms with Gasteiger partial charge in [-0.15, -0.1) is 0 Å². The van der Waals surface area contributed by atoms with Crippen molar-refractivity contribution in [3.05, 3.63) is 49.7 Å². The molecule has 1 N–H and O–H groups in total. The van der Waals surface area contributed by atoms with Crippen LogP contribution in [-0.4, -0.2) is 0 Å². The largest absolute Gasteiger partial charge is 0.452 e. The summed E-state index contributed by atoms with van der Waals surface area (Å²) >= 11 is 10.2. The molecule has 0 fully saturated rings. The summed E-state index contributed by atoms with van der Waals surface area (Å²) in [7, 11) is 0. The van der Waals surface area contributed by atoms with Gasteiger partial charge in [0.25, 0.3) is 0 Å². The Balaban J connectivity index is 2.07. The Kier molecular flexibility index (Phi) is 4.10. The molecule has 0 aliphatic heterocycles. The van der Waals surface area contributed by atoms with Crippen molar-refractivity contribution in [3.63, 3.8) is 0 Å². The molecule has 0 unspecified atom stereocenters. The van der Waals surface area contributed by atoms with Crippen LogP contribution in [-0.2, 0) is 6.54 Å². The molecule has 1 aromatic heterocycles. The van der Waals surface area contributed by atoms with Gasteiger partial charge in [-0.3, -0.25) is 0 Å². The molecule has 5 heteroatoms. The Morgan fingerprint density at radius 3 is 2.56 bits per heavy atom. The van der Waals surface area contributed by atoms with Gasteiger partial charge in [0, 0.05) is 14.6 Å². The second-order valence-corrected chi connectivity index (χ2v) is 5.74. The lowest BCUT2D eigenvalue weighted by atomic mass is 10.3. The average Bonchev–Trinajstić information content (AvgIpc) is 2.66. The standard InChI is InChI=1S/C11H8Br3NO/c12-7-1-3-9(13)10(5-7)15-6-8-2-4-11(14)16-8/h1-5,15H,6H2. The highest BCUT2D eigenvalue weighted by atomic mass is 79.9. The molecule has 2 nitrogen and oxygen atoms in total. The second-order valence-electron chi connectivity index (χ2n) is 3.18. The van der Waals surface area contributed by atoms with Gasteiger partial charge in [-0.05, 0) is 62.2 Å². The minimum atomic E-state index is 0.653. The number of anilines is 1. The van der Waals surface area contributed by atoms with Crippen LogP contribution in [0, 0.1) is 0 Å². The number of halogens is 3. The molecule has 0 radical (unpaired) electrons. The predicted octanol–water partition coefficient (Wildman–Crippen LogP) is 5.18. The second kappa shape index (κ2) is 5.38. The Morgan fingerprint density at radius 1 is 1.06 bits per heavy atom. The molecule has 0 saturated carbocycles. The smallest absolute Gasteiger partial charge is 0.169 e. The number of benzene rings is 1. The number of furan rings is 1. The SMILES string of the molecule is Brc1ccc(Br)c(NCc2ccc(Br)o2)c1. The van der Waals surface area contributed by atoms with Gasteiger partial charge in [0.05, 0.1) is 6.54 Å². The van der Waals surface area contributed by atoms with E-state index < -0.39 is 0 Å². The molecule has 1 heterocycles. The first-order valence-electron chi connectivity index (χ1n) is 4.58. The van der Waals surface area contributed by atoms with E-state index in [9.17, 15) is 0 Å². The van der Waals surface area contributed by atoms with Crippen LogP contribution in [0.25, 0.3) is 0 Å². The minimum absolute atomic E-state index is 0.653. The Bertz CT molecular complexity index is 496. The third-order valence-electron chi connectivity index (χ3n) is 2.01. The molecular formula is C11H8Br3NO. The number of hydrogen-bond acceptors (Lipinski definition) is 2. The van der Waals surface area contributed by atoms with E-state index in [0.29, 0.717) is 6.54 Å². The molecular weight excluding hydrogens is 402 g/mol. The van der Waals surface area contributed by atoms with Crippen molar-refractivity contribution in [2.24, 2.45) is 0 Å². The third kappa shape index (κ3) is 3.12. The maximum Gasteiger partial charge on any atom is 0.169 e. The summed E-state index contributed by atoms with van der Waals surface area (Å²) in [5.41, 5.74) is 1.03. The summed E-state index contributed by atoms with van der Waals surface area (Å²) in [5, 5.41) is 3.29. The first kappa shape index (κ1) is 12.2. The monoisotopic (exact) mass is 407 g/mol. The Morgan fingerprint density at radius 2 is 1.88 bits per heavy atom. The first-order valence-corrected chi connectivity index (χ1v) is 6.96. The van der Waals surface area contributed by atoms with Crippen molar-refractivity contribution in [2.45, 2.75) is 6.54 Å². The molecule has 2 aromatic rings. The van der Waals surface area contributed by atoms with Crippen molar-refractivity contribution in [1.82, 2.24) is 0 Å². The van der Waals surface area contributed by atoms with Crippen molar-refractivity contribution in [2.75, 3.05) is 5.32 Å². The van der Waals surface area contributed by atoms with Crippen LogP contribution in [0.4, 0.5) is 5.69 Å². The highest BCUT2D eigenvalue weighted by molar-refractivity contribution is 9.11. The Labute approximate surface area is 119 Å².